The Hall–Kier alpha value is -1.45. The second-order valence-corrected chi connectivity index (χ2v) is 8.73. The summed E-state index contributed by atoms with van der Waals surface area (Å²) in [5, 5.41) is 6.11. The molecule has 0 aliphatic carbocycles. The fraction of sp³-hybridized carbons (Fsp3) is 0.571. The number of nitrogens with zero attached hydrogens (tertiary/aromatic N) is 4. The SMILES string of the molecule is CCn1c(C2CCN(S(=O)(=O)c3cccs3)CC2)nn(C)c1=O. The maximum atomic E-state index is 12.5. The van der Waals surface area contributed by atoms with Gasteiger partial charge in [0.15, 0.2) is 0 Å². The summed E-state index contributed by atoms with van der Waals surface area (Å²) >= 11 is 1.24. The fourth-order valence-corrected chi connectivity index (χ4v) is 5.63. The number of hydrogen-bond donors (Lipinski definition) is 0. The molecule has 0 atom stereocenters. The zero-order chi connectivity index (χ0) is 16.6. The van der Waals surface area contributed by atoms with Crippen LogP contribution >= 0.6 is 11.3 Å². The van der Waals surface area contributed by atoms with Gasteiger partial charge in [-0.05, 0) is 31.2 Å². The molecule has 3 heterocycles. The van der Waals surface area contributed by atoms with Crippen LogP contribution in [-0.4, -0.2) is 40.2 Å². The average Bonchev–Trinajstić information content (AvgIpc) is 3.17. The first-order chi connectivity index (χ1) is 10.9. The van der Waals surface area contributed by atoms with E-state index in [1.165, 1.54) is 20.3 Å². The number of piperidine rings is 1. The largest absolute Gasteiger partial charge is 0.345 e. The van der Waals surface area contributed by atoms with Gasteiger partial charge in [0.05, 0.1) is 0 Å². The lowest BCUT2D eigenvalue weighted by molar-refractivity contribution is 0.309. The lowest BCUT2D eigenvalue weighted by atomic mass is 9.97. The lowest BCUT2D eigenvalue weighted by Crippen LogP contribution is -2.38. The van der Waals surface area contributed by atoms with E-state index in [4.69, 9.17) is 0 Å². The van der Waals surface area contributed by atoms with E-state index in [0.29, 0.717) is 36.7 Å². The third kappa shape index (κ3) is 2.88. The maximum Gasteiger partial charge on any atom is 0.345 e. The third-order valence-electron chi connectivity index (χ3n) is 4.26. The Kier molecular flexibility index (Phi) is 4.43. The van der Waals surface area contributed by atoms with Gasteiger partial charge in [0.1, 0.15) is 10.0 Å². The molecule has 1 aliphatic heterocycles. The average molecular weight is 356 g/mol. The highest BCUT2D eigenvalue weighted by Crippen LogP contribution is 2.30. The molecule has 0 saturated carbocycles. The molecule has 7 nitrogen and oxygen atoms in total. The van der Waals surface area contributed by atoms with E-state index in [2.05, 4.69) is 5.10 Å². The molecule has 126 valence electrons. The molecule has 2 aromatic rings. The van der Waals surface area contributed by atoms with Crippen LogP contribution in [0.5, 0.6) is 0 Å². The predicted molar refractivity (Wildman–Crippen MR) is 88.2 cm³/mol. The van der Waals surface area contributed by atoms with Crippen LogP contribution in [0.25, 0.3) is 0 Å². The minimum atomic E-state index is -3.39. The Morgan fingerprint density at radius 1 is 1.35 bits per heavy atom. The van der Waals surface area contributed by atoms with Crippen LogP contribution < -0.4 is 5.69 Å². The summed E-state index contributed by atoms with van der Waals surface area (Å²) in [5.74, 6) is 0.895. The zero-order valence-electron chi connectivity index (χ0n) is 13.2. The van der Waals surface area contributed by atoms with Crippen LogP contribution in [0.4, 0.5) is 0 Å². The summed E-state index contributed by atoms with van der Waals surface area (Å²) in [6, 6.07) is 3.39. The van der Waals surface area contributed by atoms with E-state index in [9.17, 15) is 13.2 Å². The third-order valence-corrected chi connectivity index (χ3v) is 7.53. The van der Waals surface area contributed by atoms with Gasteiger partial charge in [0.2, 0.25) is 0 Å². The molecule has 1 fully saturated rings. The Morgan fingerprint density at radius 3 is 2.61 bits per heavy atom. The Morgan fingerprint density at radius 2 is 2.04 bits per heavy atom. The molecule has 1 saturated heterocycles. The molecule has 0 radical (unpaired) electrons. The number of aryl methyl sites for hydroxylation is 1. The summed E-state index contributed by atoms with van der Waals surface area (Å²) in [6.07, 6.45) is 1.36. The first kappa shape index (κ1) is 16.4. The van der Waals surface area contributed by atoms with Crippen LogP contribution in [0.15, 0.2) is 26.5 Å². The Bertz CT molecular complexity index is 828. The van der Waals surface area contributed by atoms with Crippen LogP contribution in [0, 0.1) is 0 Å². The molecule has 0 aromatic carbocycles. The van der Waals surface area contributed by atoms with Crippen molar-refractivity contribution in [3.8, 4) is 0 Å². The smallest absolute Gasteiger partial charge is 0.279 e. The van der Waals surface area contributed by atoms with Crippen LogP contribution in [-0.2, 0) is 23.6 Å². The first-order valence-corrected chi connectivity index (χ1v) is 9.94. The molecule has 3 rings (SSSR count). The van der Waals surface area contributed by atoms with Crippen molar-refractivity contribution in [3.05, 3.63) is 33.8 Å². The second kappa shape index (κ2) is 6.21. The number of thiophene rings is 1. The van der Waals surface area contributed by atoms with Gasteiger partial charge in [-0.1, -0.05) is 6.07 Å². The minimum absolute atomic E-state index is 0.115. The van der Waals surface area contributed by atoms with Crippen molar-refractivity contribution in [1.29, 1.82) is 0 Å². The van der Waals surface area contributed by atoms with Gasteiger partial charge in [0.25, 0.3) is 10.0 Å². The monoisotopic (exact) mass is 356 g/mol. The topological polar surface area (TPSA) is 77.2 Å². The van der Waals surface area contributed by atoms with E-state index in [-0.39, 0.29) is 11.6 Å². The normalized spacial score (nSPS) is 17.7. The number of rotatable bonds is 4. The van der Waals surface area contributed by atoms with Gasteiger partial charge in [0, 0.05) is 32.6 Å². The first-order valence-electron chi connectivity index (χ1n) is 7.62. The van der Waals surface area contributed by atoms with E-state index >= 15 is 0 Å². The molecule has 0 amide bonds. The summed E-state index contributed by atoms with van der Waals surface area (Å²) < 4.78 is 30.0. The molecule has 23 heavy (non-hydrogen) atoms. The quantitative estimate of drug-likeness (QED) is 0.826. The molecule has 0 unspecified atom stereocenters. The van der Waals surface area contributed by atoms with Crippen LogP contribution in [0.1, 0.15) is 31.5 Å². The summed E-state index contributed by atoms with van der Waals surface area (Å²) in [7, 11) is -1.74. The number of aromatic nitrogens is 3. The van der Waals surface area contributed by atoms with Crippen LogP contribution in [0.2, 0.25) is 0 Å². The molecular formula is C14H20N4O3S2. The Balaban J connectivity index is 1.77. The molecule has 0 N–H and O–H groups in total. The van der Waals surface area contributed by atoms with Gasteiger partial charge in [-0.2, -0.15) is 9.40 Å². The van der Waals surface area contributed by atoms with Gasteiger partial charge in [-0.3, -0.25) is 4.57 Å². The van der Waals surface area contributed by atoms with Gasteiger partial charge >= 0.3 is 5.69 Å². The number of hydrogen-bond acceptors (Lipinski definition) is 5. The van der Waals surface area contributed by atoms with E-state index in [0.717, 1.165) is 5.82 Å². The van der Waals surface area contributed by atoms with Crippen molar-refractivity contribution < 1.29 is 8.42 Å². The van der Waals surface area contributed by atoms with Gasteiger partial charge in [-0.15, -0.1) is 11.3 Å². The van der Waals surface area contributed by atoms with Crippen molar-refractivity contribution in [3.63, 3.8) is 0 Å². The van der Waals surface area contributed by atoms with E-state index in [1.54, 1.807) is 29.1 Å². The van der Waals surface area contributed by atoms with Crippen LogP contribution in [0.3, 0.4) is 0 Å². The van der Waals surface area contributed by atoms with Crippen molar-refractivity contribution in [2.24, 2.45) is 7.05 Å². The summed E-state index contributed by atoms with van der Waals surface area (Å²) in [5.41, 5.74) is -0.115. The molecule has 9 heteroatoms. The second-order valence-electron chi connectivity index (χ2n) is 5.62. The maximum absolute atomic E-state index is 12.5. The van der Waals surface area contributed by atoms with Gasteiger partial charge in [-0.25, -0.2) is 17.9 Å². The highest BCUT2D eigenvalue weighted by Gasteiger charge is 2.32. The fourth-order valence-electron chi connectivity index (χ4n) is 3.01. The summed E-state index contributed by atoms with van der Waals surface area (Å²) in [4.78, 5) is 12.0. The van der Waals surface area contributed by atoms with Crippen molar-refractivity contribution >= 4 is 21.4 Å². The van der Waals surface area contributed by atoms with Crippen molar-refractivity contribution in [1.82, 2.24) is 18.7 Å². The highest BCUT2D eigenvalue weighted by atomic mass is 32.2. The standard InChI is InChI=1S/C14H20N4O3S2/c1-3-18-13(15-16(2)14(18)19)11-6-8-17(9-7-11)23(20,21)12-5-4-10-22-12/h4-5,10-11H,3,6-9H2,1-2H3. The number of sulfonamides is 1. The van der Waals surface area contributed by atoms with E-state index in [1.807, 2.05) is 6.92 Å². The molecule has 0 bridgehead atoms. The zero-order valence-corrected chi connectivity index (χ0v) is 14.8. The highest BCUT2D eigenvalue weighted by molar-refractivity contribution is 7.91. The van der Waals surface area contributed by atoms with Gasteiger partial charge < -0.3 is 0 Å². The lowest BCUT2D eigenvalue weighted by Gasteiger charge is -2.30. The molecule has 0 spiro atoms. The summed E-state index contributed by atoms with van der Waals surface area (Å²) in [6.45, 7) is 3.41. The molecule has 2 aromatic heterocycles. The van der Waals surface area contributed by atoms with Crippen molar-refractivity contribution in [2.75, 3.05) is 13.1 Å². The minimum Gasteiger partial charge on any atom is -0.279 e. The molecule has 1 aliphatic rings. The van der Waals surface area contributed by atoms with Crippen molar-refractivity contribution in [2.45, 2.75) is 36.4 Å². The van der Waals surface area contributed by atoms with E-state index < -0.39 is 10.0 Å². The Labute approximate surface area is 139 Å². The predicted octanol–water partition coefficient (Wildman–Crippen LogP) is 1.23. The molecular weight excluding hydrogens is 336 g/mol.